The largest absolute Gasteiger partial charge is 0.508 e. The average molecular weight is 408 g/mol. The number of aryl methyl sites for hydroxylation is 1. The van der Waals surface area contributed by atoms with Gasteiger partial charge in [0.15, 0.2) is 0 Å². The monoisotopic (exact) mass is 408 g/mol. The van der Waals surface area contributed by atoms with Gasteiger partial charge in [0.25, 0.3) is 0 Å². The fourth-order valence-corrected chi connectivity index (χ4v) is 3.80. The molecule has 1 aliphatic rings. The van der Waals surface area contributed by atoms with Crippen molar-refractivity contribution in [3.8, 4) is 5.75 Å². The van der Waals surface area contributed by atoms with Gasteiger partial charge in [0.05, 0.1) is 11.7 Å². The molecule has 1 atom stereocenters. The first kappa shape index (κ1) is 15.6. The molecule has 0 aromatic heterocycles. The second-order valence-electron chi connectivity index (χ2n) is 5.64. The van der Waals surface area contributed by atoms with Gasteiger partial charge in [-0.1, -0.05) is 31.2 Å². The number of halogens is 1. The van der Waals surface area contributed by atoms with Gasteiger partial charge < -0.3 is 15.3 Å². The lowest BCUT2D eigenvalue weighted by atomic mass is 10.00. The minimum Gasteiger partial charge on any atom is -0.508 e. The molecule has 0 saturated carbocycles. The maximum absolute atomic E-state index is 9.64. The molecule has 1 unspecified atom stereocenters. The van der Waals surface area contributed by atoms with Crippen LogP contribution in [-0.4, -0.2) is 24.7 Å². The lowest BCUT2D eigenvalue weighted by molar-refractivity contribution is 0.472. The highest BCUT2D eigenvalue weighted by Crippen LogP contribution is 2.33. The van der Waals surface area contributed by atoms with Gasteiger partial charge in [0.1, 0.15) is 5.75 Å². The van der Waals surface area contributed by atoms with Gasteiger partial charge in [-0.2, -0.15) is 0 Å². The number of phenols is 1. The first-order valence-corrected chi connectivity index (χ1v) is 8.81. The zero-order valence-corrected chi connectivity index (χ0v) is 14.9. The standard InChI is InChI=1S/C18H21IN2O/c1-2-13-3-5-14(6-4-13)18-12-20-9-10-21(18)17-8-7-15(22)11-16(17)19/h3-8,11,18,20,22H,2,9-10,12H2,1H3. The highest BCUT2D eigenvalue weighted by molar-refractivity contribution is 14.1. The number of piperazine rings is 1. The van der Waals surface area contributed by atoms with Crippen LogP contribution in [0.5, 0.6) is 5.75 Å². The zero-order valence-electron chi connectivity index (χ0n) is 12.7. The fraction of sp³-hybridized carbons (Fsp3) is 0.333. The Morgan fingerprint density at radius 1 is 1.23 bits per heavy atom. The summed E-state index contributed by atoms with van der Waals surface area (Å²) in [5, 5.41) is 13.1. The van der Waals surface area contributed by atoms with E-state index < -0.39 is 0 Å². The molecule has 2 aromatic carbocycles. The predicted octanol–water partition coefficient (Wildman–Crippen LogP) is 3.71. The van der Waals surface area contributed by atoms with E-state index in [4.69, 9.17) is 0 Å². The normalized spacial score (nSPS) is 18.5. The molecule has 0 radical (unpaired) electrons. The van der Waals surface area contributed by atoms with E-state index in [1.807, 2.05) is 12.1 Å². The smallest absolute Gasteiger partial charge is 0.116 e. The topological polar surface area (TPSA) is 35.5 Å². The number of nitrogens with zero attached hydrogens (tertiary/aromatic N) is 1. The molecule has 2 aromatic rings. The maximum atomic E-state index is 9.64. The van der Waals surface area contributed by atoms with Crippen molar-refractivity contribution in [1.29, 1.82) is 0 Å². The van der Waals surface area contributed by atoms with Crippen LogP contribution in [0.1, 0.15) is 24.1 Å². The number of aromatic hydroxyl groups is 1. The third-order valence-corrected chi connectivity index (χ3v) is 5.12. The summed E-state index contributed by atoms with van der Waals surface area (Å²) in [5.74, 6) is 0.326. The minimum atomic E-state index is 0.326. The SMILES string of the molecule is CCc1ccc(C2CNCCN2c2ccc(O)cc2I)cc1. The number of phenolic OH excluding ortho intramolecular Hbond substituents is 1. The molecule has 2 N–H and O–H groups in total. The molecule has 3 nitrogen and oxygen atoms in total. The third-order valence-electron chi connectivity index (χ3n) is 4.26. The predicted molar refractivity (Wildman–Crippen MR) is 99.6 cm³/mol. The Kier molecular flexibility index (Phi) is 4.88. The summed E-state index contributed by atoms with van der Waals surface area (Å²) < 4.78 is 1.09. The van der Waals surface area contributed by atoms with Crippen LogP contribution in [-0.2, 0) is 6.42 Å². The molecule has 1 fully saturated rings. The van der Waals surface area contributed by atoms with Crippen molar-refractivity contribution in [2.24, 2.45) is 0 Å². The lowest BCUT2D eigenvalue weighted by Crippen LogP contribution is -2.46. The van der Waals surface area contributed by atoms with Crippen LogP contribution in [0.15, 0.2) is 42.5 Å². The quantitative estimate of drug-likeness (QED) is 0.761. The van der Waals surface area contributed by atoms with Crippen LogP contribution in [0.3, 0.4) is 0 Å². The van der Waals surface area contributed by atoms with Crippen LogP contribution in [0.4, 0.5) is 5.69 Å². The maximum Gasteiger partial charge on any atom is 0.116 e. The number of rotatable bonds is 3. The molecule has 1 saturated heterocycles. The van der Waals surface area contributed by atoms with E-state index in [0.717, 1.165) is 29.6 Å². The Hall–Kier alpha value is -1.27. The van der Waals surface area contributed by atoms with E-state index in [1.165, 1.54) is 16.8 Å². The molecule has 0 bridgehead atoms. The van der Waals surface area contributed by atoms with E-state index >= 15 is 0 Å². The number of benzene rings is 2. The van der Waals surface area contributed by atoms with Crippen LogP contribution in [0.2, 0.25) is 0 Å². The van der Waals surface area contributed by atoms with Crippen molar-refractivity contribution in [3.63, 3.8) is 0 Å². The third kappa shape index (κ3) is 3.22. The first-order valence-electron chi connectivity index (χ1n) is 7.73. The molecule has 0 spiro atoms. The summed E-state index contributed by atoms with van der Waals surface area (Å²) in [5.41, 5.74) is 3.91. The fourth-order valence-electron chi connectivity index (χ4n) is 2.99. The minimum absolute atomic E-state index is 0.326. The summed E-state index contributed by atoms with van der Waals surface area (Å²) in [6.07, 6.45) is 1.07. The molecular weight excluding hydrogens is 387 g/mol. The first-order chi connectivity index (χ1) is 10.7. The van der Waals surface area contributed by atoms with E-state index in [0.29, 0.717) is 11.8 Å². The summed E-state index contributed by atoms with van der Waals surface area (Å²) in [6, 6.07) is 14.9. The highest BCUT2D eigenvalue weighted by atomic mass is 127. The zero-order chi connectivity index (χ0) is 15.5. The van der Waals surface area contributed by atoms with Crippen LogP contribution in [0.25, 0.3) is 0 Å². The van der Waals surface area contributed by atoms with Crippen LogP contribution in [0, 0.1) is 3.57 Å². The summed E-state index contributed by atoms with van der Waals surface area (Å²) in [6.45, 7) is 5.09. The Morgan fingerprint density at radius 3 is 2.68 bits per heavy atom. The van der Waals surface area contributed by atoms with Gasteiger partial charge >= 0.3 is 0 Å². The van der Waals surface area contributed by atoms with E-state index in [1.54, 1.807) is 6.07 Å². The Morgan fingerprint density at radius 2 is 2.00 bits per heavy atom. The number of hydrogen-bond acceptors (Lipinski definition) is 3. The summed E-state index contributed by atoms with van der Waals surface area (Å²) in [7, 11) is 0. The van der Waals surface area contributed by atoms with Crippen molar-refractivity contribution >= 4 is 28.3 Å². The van der Waals surface area contributed by atoms with Gasteiger partial charge in [-0.15, -0.1) is 0 Å². The summed E-state index contributed by atoms with van der Waals surface area (Å²) in [4.78, 5) is 2.44. The second kappa shape index (κ2) is 6.87. The number of nitrogens with one attached hydrogen (secondary N) is 1. The lowest BCUT2D eigenvalue weighted by Gasteiger charge is -2.39. The molecule has 1 aliphatic heterocycles. The van der Waals surface area contributed by atoms with Gasteiger partial charge in [-0.05, 0) is 58.3 Å². The van der Waals surface area contributed by atoms with E-state index in [2.05, 4.69) is 64.0 Å². The molecule has 22 heavy (non-hydrogen) atoms. The Bertz CT molecular complexity index is 642. The van der Waals surface area contributed by atoms with Crippen LogP contribution < -0.4 is 10.2 Å². The molecule has 116 valence electrons. The van der Waals surface area contributed by atoms with Crippen molar-refractivity contribution in [2.45, 2.75) is 19.4 Å². The van der Waals surface area contributed by atoms with Gasteiger partial charge in [-0.25, -0.2) is 0 Å². The Labute approximate surface area is 145 Å². The van der Waals surface area contributed by atoms with Crippen molar-refractivity contribution in [1.82, 2.24) is 5.32 Å². The molecule has 4 heteroatoms. The van der Waals surface area contributed by atoms with E-state index in [9.17, 15) is 5.11 Å². The molecular formula is C18H21IN2O. The van der Waals surface area contributed by atoms with Gasteiger partial charge in [0.2, 0.25) is 0 Å². The molecule has 3 rings (SSSR count). The molecule has 1 heterocycles. The Balaban J connectivity index is 1.93. The summed E-state index contributed by atoms with van der Waals surface area (Å²) >= 11 is 2.31. The van der Waals surface area contributed by atoms with E-state index in [-0.39, 0.29) is 0 Å². The second-order valence-corrected chi connectivity index (χ2v) is 6.81. The van der Waals surface area contributed by atoms with Crippen molar-refractivity contribution in [3.05, 3.63) is 57.2 Å². The van der Waals surface area contributed by atoms with Crippen molar-refractivity contribution < 1.29 is 5.11 Å². The highest BCUT2D eigenvalue weighted by Gasteiger charge is 2.25. The average Bonchev–Trinajstić information content (AvgIpc) is 2.55. The van der Waals surface area contributed by atoms with Gasteiger partial charge in [0, 0.05) is 23.2 Å². The molecule has 0 aliphatic carbocycles. The number of anilines is 1. The van der Waals surface area contributed by atoms with Crippen LogP contribution >= 0.6 is 22.6 Å². The van der Waals surface area contributed by atoms with Gasteiger partial charge in [-0.3, -0.25) is 0 Å². The number of hydrogen-bond donors (Lipinski definition) is 2. The molecule has 0 amide bonds. The van der Waals surface area contributed by atoms with Crippen molar-refractivity contribution in [2.75, 3.05) is 24.5 Å².